The van der Waals surface area contributed by atoms with Crippen LogP contribution in [0.5, 0.6) is 0 Å². The van der Waals surface area contributed by atoms with Gasteiger partial charge in [0.05, 0.1) is 22.7 Å². The SMILES string of the molecule is CC(C)(C)[C@@H](O)CNc1ccc(C#N)cc1[N+](=O)[O-]. The summed E-state index contributed by atoms with van der Waals surface area (Å²) in [6, 6.07) is 6.05. The molecular weight excluding hydrogens is 246 g/mol. The van der Waals surface area contributed by atoms with E-state index in [1.165, 1.54) is 18.2 Å². The highest BCUT2D eigenvalue weighted by Gasteiger charge is 2.23. The van der Waals surface area contributed by atoms with Gasteiger partial charge in [0.25, 0.3) is 5.69 Å². The molecule has 6 nitrogen and oxygen atoms in total. The standard InChI is InChI=1S/C13H17N3O3/c1-13(2,3)12(17)8-15-10-5-4-9(7-14)6-11(10)16(18)19/h4-6,12,15,17H,8H2,1-3H3/t12-/m0/s1. The maximum atomic E-state index is 10.9. The van der Waals surface area contributed by atoms with Crippen LogP contribution in [0.4, 0.5) is 11.4 Å². The number of aliphatic hydroxyl groups excluding tert-OH is 1. The highest BCUT2D eigenvalue weighted by atomic mass is 16.6. The Kier molecular flexibility index (Phi) is 4.46. The lowest BCUT2D eigenvalue weighted by Gasteiger charge is -2.26. The second-order valence-corrected chi connectivity index (χ2v) is 5.36. The summed E-state index contributed by atoms with van der Waals surface area (Å²) in [5.74, 6) is 0. The van der Waals surface area contributed by atoms with E-state index in [2.05, 4.69) is 5.32 Å². The number of nitrogens with zero attached hydrogens (tertiary/aromatic N) is 2. The maximum absolute atomic E-state index is 10.9. The summed E-state index contributed by atoms with van der Waals surface area (Å²) in [6.45, 7) is 5.85. The van der Waals surface area contributed by atoms with Crippen LogP contribution < -0.4 is 5.32 Å². The molecule has 1 aromatic rings. The van der Waals surface area contributed by atoms with Crippen LogP contribution in [-0.4, -0.2) is 22.7 Å². The third kappa shape index (κ3) is 3.93. The Labute approximate surface area is 111 Å². The number of anilines is 1. The molecule has 1 atom stereocenters. The number of nitrogens with one attached hydrogen (secondary N) is 1. The zero-order valence-electron chi connectivity index (χ0n) is 11.2. The first-order valence-electron chi connectivity index (χ1n) is 5.86. The number of benzene rings is 1. The molecule has 0 aliphatic carbocycles. The maximum Gasteiger partial charge on any atom is 0.293 e. The van der Waals surface area contributed by atoms with Gasteiger partial charge in [0.2, 0.25) is 0 Å². The van der Waals surface area contributed by atoms with Gasteiger partial charge < -0.3 is 10.4 Å². The van der Waals surface area contributed by atoms with Crippen molar-refractivity contribution in [1.82, 2.24) is 0 Å². The van der Waals surface area contributed by atoms with Gasteiger partial charge in [-0.25, -0.2) is 0 Å². The fourth-order valence-electron chi connectivity index (χ4n) is 1.41. The van der Waals surface area contributed by atoms with E-state index in [0.717, 1.165) is 0 Å². The molecule has 0 amide bonds. The molecule has 0 saturated carbocycles. The second kappa shape index (κ2) is 5.67. The molecule has 0 saturated heterocycles. The van der Waals surface area contributed by atoms with Crippen molar-refractivity contribution in [3.63, 3.8) is 0 Å². The summed E-state index contributed by atoms with van der Waals surface area (Å²) in [5.41, 5.74) is 0.0510. The predicted molar refractivity (Wildman–Crippen MR) is 71.8 cm³/mol. The zero-order chi connectivity index (χ0) is 14.6. The Morgan fingerprint density at radius 3 is 2.63 bits per heavy atom. The highest BCUT2D eigenvalue weighted by Crippen LogP contribution is 2.26. The van der Waals surface area contributed by atoms with Gasteiger partial charge in [0.1, 0.15) is 5.69 Å². The Hall–Kier alpha value is -2.13. The van der Waals surface area contributed by atoms with Crippen LogP contribution in [0.15, 0.2) is 18.2 Å². The second-order valence-electron chi connectivity index (χ2n) is 5.36. The number of nitriles is 1. The zero-order valence-corrected chi connectivity index (χ0v) is 11.2. The number of hydrogen-bond donors (Lipinski definition) is 2. The normalized spacial score (nSPS) is 12.6. The average Bonchev–Trinajstić information content (AvgIpc) is 2.34. The first-order chi connectivity index (χ1) is 8.75. The molecule has 0 unspecified atom stereocenters. The van der Waals surface area contributed by atoms with Gasteiger partial charge in [-0.2, -0.15) is 5.26 Å². The summed E-state index contributed by atoms with van der Waals surface area (Å²) in [7, 11) is 0. The lowest BCUT2D eigenvalue weighted by molar-refractivity contribution is -0.384. The van der Waals surface area contributed by atoms with Crippen LogP contribution >= 0.6 is 0 Å². The third-order valence-electron chi connectivity index (χ3n) is 2.81. The van der Waals surface area contributed by atoms with Crippen molar-refractivity contribution in [1.29, 1.82) is 5.26 Å². The van der Waals surface area contributed by atoms with E-state index < -0.39 is 11.0 Å². The van der Waals surface area contributed by atoms with E-state index in [0.29, 0.717) is 5.69 Å². The Bertz CT molecular complexity index is 515. The van der Waals surface area contributed by atoms with Gasteiger partial charge in [-0.15, -0.1) is 0 Å². The molecular formula is C13H17N3O3. The number of nitro benzene ring substituents is 1. The molecule has 6 heteroatoms. The third-order valence-corrected chi connectivity index (χ3v) is 2.81. The van der Waals surface area contributed by atoms with E-state index in [9.17, 15) is 15.2 Å². The minimum absolute atomic E-state index is 0.167. The minimum atomic E-state index is -0.636. The van der Waals surface area contributed by atoms with Gasteiger partial charge >= 0.3 is 0 Å². The van der Waals surface area contributed by atoms with Gasteiger partial charge in [0, 0.05) is 12.6 Å². The van der Waals surface area contributed by atoms with E-state index in [1.807, 2.05) is 26.8 Å². The topological polar surface area (TPSA) is 99.2 Å². The quantitative estimate of drug-likeness (QED) is 0.641. The molecule has 2 N–H and O–H groups in total. The van der Waals surface area contributed by atoms with Gasteiger partial charge in [-0.1, -0.05) is 20.8 Å². The number of nitro groups is 1. The molecule has 0 spiro atoms. The van der Waals surface area contributed by atoms with Gasteiger partial charge in [-0.3, -0.25) is 10.1 Å². The Morgan fingerprint density at radius 2 is 2.16 bits per heavy atom. The molecule has 0 aliphatic heterocycles. The molecule has 0 fully saturated rings. The first-order valence-corrected chi connectivity index (χ1v) is 5.86. The average molecular weight is 263 g/mol. The largest absolute Gasteiger partial charge is 0.391 e. The molecule has 102 valence electrons. The van der Waals surface area contributed by atoms with Crippen LogP contribution in [0.2, 0.25) is 0 Å². The molecule has 0 bridgehead atoms. The summed E-state index contributed by atoms with van der Waals surface area (Å²) in [4.78, 5) is 10.4. The fraction of sp³-hybridized carbons (Fsp3) is 0.462. The van der Waals surface area contributed by atoms with Crippen molar-refractivity contribution >= 4 is 11.4 Å². The lowest BCUT2D eigenvalue weighted by atomic mass is 9.89. The van der Waals surface area contributed by atoms with Crippen LogP contribution in [0.25, 0.3) is 0 Å². The van der Waals surface area contributed by atoms with Crippen molar-refractivity contribution in [3.8, 4) is 6.07 Å². The van der Waals surface area contributed by atoms with Gasteiger partial charge in [0.15, 0.2) is 0 Å². The Balaban J connectivity index is 2.90. The molecule has 0 heterocycles. The number of aliphatic hydroxyl groups is 1. The first kappa shape index (κ1) is 14.9. The van der Waals surface area contributed by atoms with Crippen molar-refractivity contribution in [2.75, 3.05) is 11.9 Å². The smallest absolute Gasteiger partial charge is 0.293 e. The number of hydrogen-bond acceptors (Lipinski definition) is 5. The van der Waals surface area contributed by atoms with Crippen molar-refractivity contribution in [3.05, 3.63) is 33.9 Å². The summed E-state index contributed by atoms with van der Waals surface area (Å²) in [6.07, 6.45) is -0.636. The molecule has 1 rings (SSSR count). The van der Waals surface area contributed by atoms with Crippen LogP contribution in [0.1, 0.15) is 26.3 Å². The fourth-order valence-corrected chi connectivity index (χ4v) is 1.41. The van der Waals surface area contributed by atoms with E-state index in [4.69, 9.17) is 5.26 Å². The lowest BCUT2D eigenvalue weighted by Crippen LogP contribution is -2.32. The predicted octanol–water partition coefficient (Wildman–Crippen LogP) is 2.29. The molecule has 0 radical (unpaired) electrons. The van der Waals surface area contributed by atoms with Gasteiger partial charge in [-0.05, 0) is 17.5 Å². The van der Waals surface area contributed by atoms with Crippen molar-refractivity contribution in [2.45, 2.75) is 26.9 Å². The summed E-state index contributed by atoms with van der Waals surface area (Å²) >= 11 is 0. The molecule has 0 aromatic heterocycles. The van der Waals surface area contributed by atoms with Crippen LogP contribution in [0, 0.1) is 26.9 Å². The highest BCUT2D eigenvalue weighted by molar-refractivity contribution is 5.64. The van der Waals surface area contributed by atoms with Crippen LogP contribution in [0.3, 0.4) is 0 Å². The van der Waals surface area contributed by atoms with E-state index >= 15 is 0 Å². The van der Waals surface area contributed by atoms with E-state index in [-0.39, 0.29) is 23.2 Å². The molecule has 1 aromatic carbocycles. The summed E-state index contributed by atoms with van der Waals surface area (Å²) < 4.78 is 0. The monoisotopic (exact) mass is 263 g/mol. The van der Waals surface area contributed by atoms with Crippen LogP contribution in [-0.2, 0) is 0 Å². The van der Waals surface area contributed by atoms with Crippen molar-refractivity contribution in [2.24, 2.45) is 5.41 Å². The van der Waals surface area contributed by atoms with Crippen molar-refractivity contribution < 1.29 is 10.0 Å². The van der Waals surface area contributed by atoms with E-state index in [1.54, 1.807) is 0 Å². The minimum Gasteiger partial charge on any atom is -0.391 e. The molecule has 0 aliphatic rings. The number of rotatable bonds is 4. The summed E-state index contributed by atoms with van der Waals surface area (Å²) in [5, 5.41) is 32.4. The molecule has 19 heavy (non-hydrogen) atoms. The Morgan fingerprint density at radius 1 is 1.53 bits per heavy atom.